The summed E-state index contributed by atoms with van der Waals surface area (Å²) in [5, 5.41) is 10.2. The van der Waals surface area contributed by atoms with Crippen LogP contribution in [-0.2, 0) is 20.9 Å². The summed E-state index contributed by atoms with van der Waals surface area (Å²) >= 11 is 0. The van der Waals surface area contributed by atoms with Gasteiger partial charge in [0.05, 0.1) is 5.92 Å². The average Bonchev–Trinajstić information content (AvgIpc) is 3.00. The molecule has 1 amide bonds. The largest absolute Gasteiger partial charge is 0.481 e. The fourth-order valence-corrected chi connectivity index (χ4v) is 2.75. The van der Waals surface area contributed by atoms with Crippen LogP contribution in [0.2, 0.25) is 0 Å². The van der Waals surface area contributed by atoms with E-state index in [0.717, 1.165) is 10.9 Å². The van der Waals surface area contributed by atoms with Crippen LogP contribution in [-0.4, -0.2) is 52.8 Å². The predicted octanol–water partition coefficient (Wildman–Crippen LogP) is 2.62. The predicted molar refractivity (Wildman–Crippen MR) is 96.4 cm³/mol. The molecule has 6 nitrogen and oxygen atoms in total. The van der Waals surface area contributed by atoms with Gasteiger partial charge in [0.1, 0.15) is 6.54 Å². The number of amides is 1. The molecule has 1 N–H and O–H groups in total. The molecule has 2 aromatic rings. The number of aliphatic carboxylic acids is 1. The van der Waals surface area contributed by atoms with E-state index in [1.54, 1.807) is 11.8 Å². The lowest BCUT2D eigenvalue weighted by Crippen LogP contribution is -2.39. The van der Waals surface area contributed by atoms with Crippen molar-refractivity contribution in [1.29, 1.82) is 0 Å². The van der Waals surface area contributed by atoms with E-state index in [-0.39, 0.29) is 19.0 Å². The number of hydrogen-bond donors (Lipinski definition) is 1. The number of nitrogens with zero attached hydrogens (tertiary/aromatic N) is 2. The first kappa shape index (κ1) is 19.0. The average molecular weight is 346 g/mol. The third-order valence-corrected chi connectivity index (χ3v) is 4.18. The Labute approximate surface area is 148 Å². The Balaban J connectivity index is 2.06. The second-order valence-corrected chi connectivity index (χ2v) is 6.13. The minimum absolute atomic E-state index is 0.0778. The van der Waals surface area contributed by atoms with Crippen LogP contribution in [0.25, 0.3) is 10.9 Å². The van der Waals surface area contributed by atoms with E-state index in [4.69, 9.17) is 9.84 Å². The lowest BCUT2D eigenvalue weighted by atomic mass is 10.1. The van der Waals surface area contributed by atoms with Gasteiger partial charge in [0.2, 0.25) is 5.91 Å². The zero-order chi connectivity index (χ0) is 18.2. The molecule has 0 bridgehead atoms. The maximum absolute atomic E-state index is 12.7. The Bertz CT molecular complexity index is 710. The first-order valence-electron chi connectivity index (χ1n) is 8.65. The standard InChI is InChI=1S/C19H26N2O4/c1-3-25-12-6-10-21(13-15(2)19(23)24)18(22)14-20-11-9-16-7-4-5-8-17(16)20/h4-5,7-9,11,15H,3,6,10,12-14H2,1-2H3,(H,23,24). The molecule has 0 saturated heterocycles. The topological polar surface area (TPSA) is 71.8 Å². The fourth-order valence-electron chi connectivity index (χ4n) is 2.75. The van der Waals surface area contributed by atoms with Gasteiger partial charge in [-0.15, -0.1) is 0 Å². The minimum atomic E-state index is -0.894. The van der Waals surface area contributed by atoms with Crippen molar-refractivity contribution in [3.8, 4) is 0 Å². The summed E-state index contributed by atoms with van der Waals surface area (Å²) in [6.45, 7) is 5.65. The van der Waals surface area contributed by atoms with Crippen molar-refractivity contribution in [1.82, 2.24) is 9.47 Å². The molecule has 1 aromatic heterocycles. The van der Waals surface area contributed by atoms with Crippen molar-refractivity contribution >= 4 is 22.8 Å². The summed E-state index contributed by atoms with van der Waals surface area (Å²) in [5.74, 6) is -1.57. The minimum Gasteiger partial charge on any atom is -0.481 e. The molecule has 0 fully saturated rings. The Morgan fingerprint density at radius 2 is 2.04 bits per heavy atom. The zero-order valence-corrected chi connectivity index (χ0v) is 14.9. The van der Waals surface area contributed by atoms with Gasteiger partial charge in [-0.25, -0.2) is 0 Å². The highest BCUT2D eigenvalue weighted by Gasteiger charge is 2.20. The number of para-hydroxylation sites is 1. The van der Waals surface area contributed by atoms with Gasteiger partial charge in [-0.1, -0.05) is 25.1 Å². The molecular weight excluding hydrogens is 320 g/mol. The molecule has 1 aromatic carbocycles. The van der Waals surface area contributed by atoms with Gasteiger partial charge in [-0.2, -0.15) is 0 Å². The second-order valence-electron chi connectivity index (χ2n) is 6.13. The summed E-state index contributed by atoms with van der Waals surface area (Å²) in [4.78, 5) is 25.5. The number of ether oxygens (including phenoxy) is 1. The first-order valence-corrected chi connectivity index (χ1v) is 8.65. The summed E-state index contributed by atoms with van der Waals surface area (Å²) in [6, 6.07) is 9.85. The number of hydrogen-bond acceptors (Lipinski definition) is 3. The van der Waals surface area contributed by atoms with Crippen molar-refractivity contribution in [2.75, 3.05) is 26.3 Å². The number of carbonyl (C=O) groups excluding carboxylic acids is 1. The van der Waals surface area contributed by atoms with E-state index in [1.807, 2.05) is 48.0 Å². The highest BCUT2D eigenvalue weighted by atomic mass is 16.5. The van der Waals surface area contributed by atoms with Crippen molar-refractivity contribution in [2.24, 2.45) is 5.92 Å². The van der Waals surface area contributed by atoms with E-state index in [0.29, 0.717) is 26.2 Å². The molecule has 0 aliphatic heterocycles. The molecule has 0 aliphatic rings. The van der Waals surface area contributed by atoms with Crippen molar-refractivity contribution in [2.45, 2.75) is 26.8 Å². The smallest absolute Gasteiger partial charge is 0.308 e. The summed E-state index contributed by atoms with van der Waals surface area (Å²) in [6.07, 6.45) is 2.58. The molecule has 136 valence electrons. The number of carboxylic acid groups (broad SMARTS) is 1. The number of carbonyl (C=O) groups is 2. The normalized spacial score (nSPS) is 12.2. The van der Waals surface area contributed by atoms with E-state index >= 15 is 0 Å². The van der Waals surface area contributed by atoms with Crippen LogP contribution in [0.15, 0.2) is 36.5 Å². The molecule has 1 atom stereocenters. The van der Waals surface area contributed by atoms with E-state index < -0.39 is 11.9 Å². The van der Waals surface area contributed by atoms with Crippen LogP contribution in [0.5, 0.6) is 0 Å². The highest BCUT2D eigenvalue weighted by molar-refractivity contribution is 5.83. The van der Waals surface area contributed by atoms with E-state index in [2.05, 4.69) is 0 Å². The van der Waals surface area contributed by atoms with Gasteiger partial charge in [-0.3, -0.25) is 9.59 Å². The summed E-state index contributed by atoms with van der Waals surface area (Å²) in [7, 11) is 0. The van der Waals surface area contributed by atoms with Crippen molar-refractivity contribution < 1.29 is 19.4 Å². The van der Waals surface area contributed by atoms with E-state index in [1.165, 1.54) is 0 Å². The quantitative estimate of drug-likeness (QED) is 0.671. The number of rotatable bonds is 10. The Morgan fingerprint density at radius 3 is 2.76 bits per heavy atom. The zero-order valence-electron chi connectivity index (χ0n) is 14.9. The maximum Gasteiger partial charge on any atom is 0.308 e. The van der Waals surface area contributed by atoms with Gasteiger partial charge < -0.3 is 19.3 Å². The summed E-state index contributed by atoms with van der Waals surface area (Å²) < 4.78 is 7.22. The van der Waals surface area contributed by atoms with Gasteiger partial charge in [0.25, 0.3) is 0 Å². The molecule has 1 heterocycles. The lowest BCUT2D eigenvalue weighted by molar-refractivity contribution is -0.143. The second kappa shape index (κ2) is 9.22. The third-order valence-electron chi connectivity index (χ3n) is 4.18. The Morgan fingerprint density at radius 1 is 1.28 bits per heavy atom. The molecule has 0 radical (unpaired) electrons. The SMILES string of the molecule is CCOCCCN(CC(C)C(=O)O)C(=O)Cn1ccc2ccccc21. The van der Waals surface area contributed by atoms with Crippen LogP contribution in [0.4, 0.5) is 0 Å². The number of benzene rings is 1. The number of fused-ring (bicyclic) bond motifs is 1. The van der Waals surface area contributed by atoms with Gasteiger partial charge in [0.15, 0.2) is 0 Å². The van der Waals surface area contributed by atoms with Crippen LogP contribution in [0, 0.1) is 5.92 Å². The van der Waals surface area contributed by atoms with Crippen molar-refractivity contribution in [3.05, 3.63) is 36.5 Å². The van der Waals surface area contributed by atoms with E-state index in [9.17, 15) is 9.59 Å². The van der Waals surface area contributed by atoms with Crippen LogP contribution in [0.3, 0.4) is 0 Å². The maximum atomic E-state index is 12.7. The molecule has 0 aliphatic carbocycles. The van der Waals surface area contributed by atoms with Crippen LogP contribution >= 0.6 is 0 Å². The van der Waals surface area contributed by atoms with Crippen molar-refractivity contribution in [3.63, 3.8) is 0 Å². The lowest BCUT2D eigenvalue weighted by Gasteiger charge is -2.25. The number of aromatic nitrogens is 1. The molecule has 25 heavy (non-hydrogen) atoms. The fraction of sp³-hybridized carbons (Fsp3) is 0.474. The molecule has 2 rings (SSSR count). The monoisotopic (exact) mass is 346 g/mol. The third kappa shape index (κ3) is 5.32. The molecular formula is C19H26N2O4. The first-order chi connectivity index (χ1) is 12.0. The van der Waals surface area contributed by atoms with Crippen LogP contribution in [0.1, 0.15) is 20.3 Å². The Kier molecular flexibility index (Phi) is 7.01. The summed E-state index contributed by atoms with van der Waals surface area (Å²) in [5.41, 5.74) is 0.997. The molecule has 0 saturated carbocycles. The van der Waals surface area contributed by atoms with Gasteiger partial charge in [0, 0.05) is 38.0 Å². The molecule has 1 unspecified atom stereocenters. The molecule has 0 spiro atoms. The van der Waals surface area contributed by atoms with Crippen LogP contribution < -0.4 is 0 Å². The Hall–Kier alpha value is -2.34. The van der Waals surface area contributed by atoms with Gasteiger partial charge >= 0.3 is 5.97 Å². The highest BCUT2D eigenvalue weighted by Crippen LogP contribution is 2.15. The van der Waals surface area contributed by atoms with Gasteiger partial charge in [-0.05, 0) is 30.9 Å². The molecule has 6 heteroatoms. The number of carboxylic acids is 1.